The minimum atomic E-state index is -1.22. The molecule has 8 nitrogen and oxygen atoms in total. The van der Waals surface area contributed by atoms with Crippen LogP contribution in [0.1, 0.15) is 55.4 Å². The first kappa shape index (κ1) is 24.2. The first-order valence-electron chi connectivity index (χ1n) is 11.5. The summed E-state index contributed by atoms with van der Waals surface area (Å²) >= 11 is 5.76. The van der Waals surface area contributed by atoms with Gasteiger partial charge in [-0.2, -0.15) is 0 Å². The second-order valence-corrected chi connectivity index (χ2v) is 9.26. The number of carbonyl (C=O) groups is 2. The van der Waals surface area contributed by atoms with Crippen LogP contribution < -0.4 is 10.2 Å². The van der Waals surface area contributed by atoms with E-state index in [-0.39, 0.29) is 17.2 Å². The van der Waals surface area contributed by atoms with Crippen molar-refractivity contribution >= 4 is 35.0 Å². The summed E-state index contributed by atoms with van der Waals surface area (Å²) in [6, 6.07) is 18.5. The third-order valence-electron chi connectivity index (χ3n) is 6.50. The molecule has 0 spiro atoms. The van der Waals surface area contributed by atoms with E-state index in [0.717, 1.165) is 28.6 Å². The highest BCUT2D eigenvalue weighted by atomic mass is 32.1. The fraction of sp³-hybridized carbons (Fsp3) is 0.143. The molecule has 1 aliphatic heterocycles. The molecule has 2 atom stereocenters. The zero-order valence-electron chi connectivity index (χ0n) is 20.0. The standard InChI is InChI=1S/C28H23N3O5S/c1-15-6-7-20(11-16(15)2)31-25(24(30-28(31)37)21-5-3-4-10-29-21)23-9-8-22(36-23)17-12-18(26(32)33)14-19(13-17)27(34)35/h3-14,24-25H,1-2H3,(H,30,37)(H,32,33)(H,34,35)/t24-,25+/m0/s1. The van der Waals surface area contributed by atoms with Crippen molar-refractivity contribution in [3.63, 3.8) is 0 Å². The molecule has 0 aliphatic carbocycles. The normalized spacial score (nSPS) is 17.0. The maximum atomic E-state index is 11.6. The number of rotatable bonds is 6. The Morgan fingerprint density at radius 2 is 1.68 bits per heavy atom. The van der Waals surface area contributed by atoms with E-state index in [1.54, 1.807) is 18.3 Å². The first-order chi connectivity index (χ1) is 17.7. The van der Waals surface area contributed by atoms with Gasteiger partial charge in [0.25, 0.3) is 0 Å². The number of carboxylic acids is 2. The second kappa shape index (κ2) is 9.51. The number of benzene rings is 2. The molecule has 2 aromatic heterocycles. The molecule has 0 saturated carbocycles. The molecule has 2 aromatic carbocycles. The summed E-state index contributed by atoms with van der Waals surface area (Å²) in [6.07, 6.45) is 1.72. The molecule has 4 aromatic rings. The Hall–Kier alpha value is -4.50. The largest absolute Gasteiger partial charge is 0.478 e. The van der Waals surface area contributed by atoms with E-state index in [9.17, 15) is 19.8 Å². The Kier molecular flexibility index (Phi) is 6.22. The van der Waals surface area contributed by atoms with Crippen LogP contribution in [-0.2, 0) is 0 Å². The van der Waals surface area contributed by atoms with Crippen molar-refractivity contribution in [1.29, 1.82) is 0 Å². The van der Waals surface area contributed by atoms with E-state index < -0.39 is 18.0 Å². The predicted molar refractivity (Wildman–Crippen MR) is 142 cm³/mol. The number of furan rings is 1. The summed E-state index contributed by atoms with van der Waals surface area (Å²) in [4.78, 5) is 29.7. The molecule has 186 valence electrons. The summed E-state index contributed by atoms with van der Waals surface area (Å²) in [5.74, 6) is -1.54. The number of pyridine rings is 1. The van der Waals surface area contributed by atoms with Gasteiger partial charge in [-0.1, -0.05) is 12.1 Å². The molecule has 1 aliphatic rings. The van der Waals surface area contributed by atoms with Gasteiger partial charge in [0.2, 0.25) is 0 Å². The Bertz CT molecular complexity index is 1500. The number of anilines is 1. The number of aromatic carboxylic acids is 2. The quantitative estimate of drug-likeness (QED) is 0.286. The Balaban J connectivity index is 1.62. The van der Waals surface area contributed by atoms with Crippen molar-refractivity contribution in [2.75, 3.05) is 4.90 Å². The highest BCUT2D eigenvalue weighted by molar-refractivity contribution is 7.80. The maximum absolute atomic E-state index is 11.6. The fourth-order valence-electron chi connectivity index (χ4n) is 4.48. The van der Waals surface area contributed by atoms with Gasteiger partial charge in [0.1, 0.15) is 17.6 Å². The van der Waals surface area contributed by atoms with E-state index in [2.05, 4.69) is 16.4 Å². The highest BCUT2D eigenvalue weighted by Crippen LogP contribution is 2.43. The predicted octanol–water partition coefficient (Wildman–Crippen LogP) is 5.53. The highest BCUT2D eigenvalue weighted by Gasteiger charge is 2.42. The molecule has 0 radical (unpaired) electrons. The van der Waals surface area contributed by atoms with Gasteiger partial charge >= 0.3 is 11.9 Å². The lowest BCUT2D eigenvalue weighted by Crippen LogP contribution is -2.29. The average Bonchev–Trinajstić information content (AvgIpc) is 3.50. The summed E-state index contributed by atoms with van der Waals surface area (Å²) in [5.41, 5.74) is 4.02. The van der Waals surface area contributed by atoms with Gasteiger partial charge in [0, 0.05) is 17.4 Å². The van der Waals surface area contributed by atoms with Crippen LogP contribution in [0.15, 0.2) is 77.3 Å². The number of carboxylic acid groups (broad SMARTS) is 2. The Morgan fingerprint density at radius 3 is 2.30 bits per heavy atom. The third-order valence-corrected chi connectivity index (χ3v) is 6.81. The molecule has 0 amide bonds. The van der Waals surface area contributed by atoms with Gasteiger partial charge < -0.3 is 24.8 Å². The smallest absolute Gasteiger partial charge is 0.335 e. The molecule has 9 heteroatoms. The molecule has 3 heterocycles. The molecule has 1 saturated heterocycles. The Labute approximate surface area is 218 Å². The van der Waals surface area contributed by atoms with Gasteiger partial charge in [-0.05, 0) is 91.8 Å². The summed E-state index contributed by atoms with van der Waals surface area (Å²) in [5, 5.41) is 22.8. The van der Waals surface area contributed by atoms with E-state index in [4.69, 9.17) is 16.6 Å². The van der Waals surface area contributed by atoms with E-state index in [1.165, 1.54) is 12.1 Å². The van der Waals surface area contributed by atoms with Crippen LogP contribution in [0, 0.1) is 13.8 Å². The lowest BCUT2D eigenvalue weighted by Gasteiger charge is -2.26. The molecular formula is C28H23N3O5S. The number of aryl methyl sites for hydroxylation is 2. The van der Waals surface area contributed by atoms with E-state index in [0.29, 0.717) is 22.2 Å². The SMILES string of the molecule is Cc1ccc(N2C(=S)N[C@@H](c3ccccn3)[C@H]2c2ccc(-c3cc(C(=O)O)cc(C(=O)O)c3)o2)cc1C. The van der Waals surface area contributed by atoms with Crippen LogP contribution in [0.25, 0.3) is 11.3 Å². The van der Waals surface area contributed by atoms with Gasteiger partial charge in [-0.15, -0.1) is 0 Å². The number of thiocarbonyl (C=S) groups is 1. The molecule has 5 rings (SSSR count). The monoisotopic (exact) mass is 513 g/mol. The Morgan fingerprint density at radius 1 is 0.946 bits per heavy atom. The van der Waals surface area contributed by atoms with Gasteiger partial charge in [-0.25, -0.2) is 9.59 Å². The van der Waals surface area contributed by atoms with Crippen molar-refractivity contribution in [1.82, 2.24) is 10.3 Å². The minimum absolute atomic E-state index is 0.139. The van der Waals surface area contributed by atoms with Gasteiger partial charge in [-0.3, -0.25) is 4.98 Å². The number of hydrogen-bond donors (Lipinski definition) is 3. The van der Waals surface area contributed by atoms with Crippen LogP contribution in [0.4, 0.5) is 5.69 Å². The van der Waals surface area contributed by atoms with Crippen LogP contribution in [0.3, 0.4) is 0 Å². The zero-order valence-corrected chi connectivity index (χ0v) is 20.8. The summed E-state index contributed by atoms with van der Waals surface area (Å²) in [7, 11) is 0. The van der Waals surface area contributed by atoms with Crippen molar-refractivity contribution in [3.05, 3.63) is 107 Å². The van der Waals surface area contributed by atoms with Crippen molar-refractivity contribution in [2.45, 2.75) is 25.9 Å². The zero-order chi connectivity index (χ0) is 26.3. The van der Waals surface area contributed by atoms with Crippen LogP contribution in [-0.4, -0.2) is 32.2 Å². The lowest BCUT2D eigenvalue weighted by molar-refractivity contribution is 0.0696. The van der Waals surface area contributed by atoms with Crippen LogP contribution >= 0.6 is 12.2 Å². The van der Waals surface area contributed by atoms with E-state index >= 15 is 0 Å². The van der Waals surface area contributed by atoms with Crippen molar-refractivity contribution in [2.24, 2.45) is 0 Å². The lowest BCUT2D eigenvalue weighted by atomic mass is 10.0. The summed E-state index contributed by atoms with van der Waals surface area (Å²) < 4.78 is 6.27. The van der Waals surface area contributed by atoms with Gasteiger partial charge in [0.15, 0.2) is 5.11 Å². The number of hydrogen-bond acceptors (Lipinski definition) is 5. The van der Waals surface area contributed by atoms with E-state index in [1.807, 2.05) is 49.1 Å². The summed E-state index contributed by atoms with van der Waals surface area (Å²) in [6.45, 7) is 4.08. The van der Waals surface area contributed by atoms with Crippen molar-refractivity contribution < 1.29 is 24.2 Å². The second-order valence-electron chi connectivity index (χ2n) is 8.88. The van der Waals surface area contributed by atoms with Crippen LogP contribution in [0.2, 0.25) is 0 Å². The molecule has 3 N–H and O–H groups in total. The van der Waals surface area contributed by atoms with Gasteiger partial charge in [0.05, 0.1) is 22.9 Å². The number of nitrogens with zero attached hydrogens (tertiary/aromatic N) is 2. The number of nitrogens with one attached hydrogen (secondary N) is 1. The maximum Gasteiger partial charge on any atom is 0.335 e. The molecular weight excluding hydrogens is 490 g/mol. The molecule has 0 unspecified atom stereocenters. The third kappa shape index (κ3) is 4.56. The topological polar surface area (TPSA) is 116 Å². The molecule has 1 fully saturated rings. The average molecular weight is 514 g/mol. The van der Waals surface area contributed by atoms with Crippen molar-refractivity contribution in [3.8, 4) is 11.3 Å². The molecule has 0 bridgehead atoms. The minimum Gasteiger partial charge on any atom is -0.478 e. The molecule has 37 heavy (non-hydrogen) atoms. The number of aromatic nitrogens is 1. The first-order valence-corrected chi connectivity index (χ1v) is 11.9. The fourth-order valence-corrected chi connectivity index (χ4v) is 4.83. The van der Waals surface area contributed by atoms with Crippen LogP contribution in [0.5, 0.6) is 0 Å².